The van der Waals surface area contributed by atoms with Crippen LogP contribution in [0.3, 0.4) is 0 Å². The molecular formula is C19H23N. The SMILES string of the molecule is CNC(c1ccc2c3c(cccc13)CC2)C1CC1(C)C. The Morgan fingerprint density at radius 3 is 2.45 bits per heavy atom. The molecule has 1 N–H and O–H groups in total. The first kappa shape index (κ1) is 12.4. The van der Waals surface area contributed by atoms with Gasteiger partial charge in [0.1, 0.15) is 0 Å². The van der Waals surface area contributed by atoms with Gasteiger partial charge < -0.3 is 5.32 Å². The molecule has 1 saturated carbocycles. The summed E-state index contributed by atoms with van der Waals surface area (Å²) in [4.78, 5) is 0. The summed E-state index contributed by atoms with van der Waals surface area (Å²) < 4.78 is 0. The Balaban J connectivity index is 1.89. The van der Waals surface area contributed by atoms with Crippen LogP contribution in [0.4, 0.5) is 0 Å². The van der Waals surface area contributed by atoms with Crippen molar-refractivity contribution in [2.75, 3.05) is 7.05 Å². The Morgan fingerprint density at radius 1 is 1.10 bits per heavy atom. The fraction of sp³-hybridized carbons (Fsp3) is 0.474. The zero-order valence-electron chi connectivity index (χ0n) is 12.7. The fourth-order valence-corrected chi connectivity index (χ4v) is 4.19. The molecule has 2 atom stereocenters. The van der Waals surface area contributed by atoms with Crippen LogP contribution < -0.4 is 5.32 Å². The van der Waals surface area contributed by atoms with Crippen LogP contribution in [0.15, 0.2) is 30.3 Å². The van der Waals surface area contributed by atoms with Gasteiger partial charge in [-0.2, -0.15) is 0 Å². The van der Waals surface area contributed by atoms with Crippen molar-refractivity contribution in [3.8, 4) is 0 Å². The molecule has 0 aliphatic heterocycles. The molecule has 0 bridgehead atoms. The molecule has 2 unspecified atom stereocenters. The summed E-state index contributed by atoms with van der Waals surface area (Å²) in [5.74, 6) is 0.769. The lowest BCUT2D eigenvalue weighted by Gasteiger charge is -2.21. The molecule has 104 valence electrons. The standard InChI is InChI=1S/C19H23N/c1-19(2)11-16(19)18(20-3)15-10-9-13-8-7-12-5-4-6-14(15)17(12)13/h4-6,9-10,16,18,20H,7-8,11H2,1-3H3. The number of hydrogen-bond donors (Lipinski definition) is 1. The molecule has 2 aliphatic rings. The maximum Gasteiger partial charge on any atom is 0.0357 e. The van der Waals surface area contributed by atoms with E-state index in [1.807, 2.05) is 0 Å². The van der Waals surface area contributed by atoms with Crippen LogP contribution in [0.2, 0.25) is 0 Å². The van der Waals surface area contributed by atoms with Crippen molar-refractivity contribution in [2.24, 2.45) is 11.3 Å². The highest BCUT2D eigenvalue weighted by atomic mass is 14.9. The minimum Gasteiger partial charge on any atom is -0.313 e. The predicted octanol–water partition coefficient (Wildman–Crippen LogP) is 4.25. The molecule has 1 nitrogen and oxygen atoms in total. The summed E-state index contributed by atoms with van der Waals surface area (Å²) in [5, 5.41) is 6.62. The number of nitrogens with one attached hydrogen (secondary N) is 1. The van der Waals surface area contributed by atoms with Crippen LogP contribution in [-0.2, 0) is 12.8 Å². The Hall–Kier alpha value is -1.34. The molecule has 0 aromatic heterocycles. The topological polar surface area (TPSA) is 12.0 Å². The van der Waals surface area contributed by atoms with Gasteiger partial charge in [-0.1, -0.05) is 44.2 Å². The summed E-state index contributed by atoms with van der Waals surface area (Å²) in [6.07, 6.45) is 3.77. The lowest BCUT2D eigenvalue weighted by atomic mass is 9.91. The fourth-order valence-electron chi connectivity index (χ4n) is 4.19. The Labute approximate surface area is 121 Å². The number of hydrogen-bond acceptors (Lipinski definition) is 1. The average molecular weight is 265 g/mol. The highest BCUT2D eigenvalue weighted by molar-refractivity contribution is 5.93. The summed E-state index contributed by atoms with van der Waals surface area (Å²) in [6.45, 7) is 4.78. The minimum atomic E-state index is 0.495. The molecular weight excluding hydrogens is 242 g/mol. The van der Waals surface area contributed by atoms with E-state index in [9.17, 15) is 0 Å². The van der Waals surface area contributed by atoms with E-state index in [1.165, 1.54) is 30.2 Å². The van der Waals surface area contributed by atoms with Crippen molar-refractivity contribution in [3.05, 3.63) is 47.0 Å². The molecule has 1 heteroatoms. The lowest BCUT2D eigenvalue weighted by molar-refractivity contribution is 0.443. The smallest absolute Gasteiger partial charge is 0.0357 e. The molecule has 0 saturated heterocycles. The van der Waals surface area contributed by atoms with Gasteiger partial charge in [-0.05, 0) is 65.1 Å². The normalized spacial score (nSPS) is 24.1. The number of benzene rings is 2. The maximum atomic E-state index is 3.59. The molecule has 20 heavy (non-hydrogen) atoms. The van der Waals surface area contributed by atoms with Crippen LogP contribution in [0, 0.1) is 11.3 Å². The van der Waals surface area contributed by atoms with Gasteiger partial charge in [-0.3, -0.25) is 0 Å². The Morgan fingerprint density at radius 2 is 1.80 bits per heavy atom. The van der Waals surface area contributed by atoms with Crippen LogP contribution >= 0.6 is 0 Å². The summed E-state index contributed by atoms with van der Waals surface area (Å²) in [5.41, 5.74) is 5.09. The number of rotatable bonds is 3. The van der Waals surface area contributed by atoms with Gasteiger partial charge in [-0.15, -0.1) is 0 Å². The van der Waals surface area contributed by atoms with E-state index in [4.69, 9.17) is 0 Å². The predicted molar refractivity (Wildman–Crippen MR) is 85.0 cm³/mol. The van der Waals surface area contributed by atoms with Gasteiger partial charge in [0, 0.05) is 6.04 Å². The van der Waals surface area contributed by atoms with Gasteiger partial charge in [0.2, 0.25) is 0 Å². The first-order chi connectivity index (χ1) is 9.62. The van der Waals surface area contributed by atoms with Crippen molar-refractivity contribution in [1.29, 1.82) is 0 Å². The molecule has 0 amide bonds. The summed E-state index contributed by atoms with van der Waals surface area (Å²) >= 11 is 0. The van der Waals surface area contributed by atoms with Crippen molar-refractivity contribution < 1.29 is 0 Å². The Bertz CT molecular complexity index is 673. The van der Waals surface area contributed by atoms with E-state index in [2.05, 4.69) is 56.5 Å². The second-order valence-electron chi connectivity index (χ2n) is 7.22. The second-order valence-corrected chi connectivity index (χ2v) is 7.22. The zero-order chi connectivity index (χ0) is 13.9. The number of aryl methyl sites for hydroxylation is 2. The van der Waals surface area contributed by atoms with E-state index in [-0.39, 0.29) is 0 Å². The van der Waals surface area contributed by atoms with Crippen molar-refractivity contribution >= 4 is 10.8 Å². The van der Waals surface area contributed by atoms with Crippen molar-refractivity contribution in [3.63, 3.8) is 0 Å². The van der Waals surface area contributed by atoms with E-state index in [1.54, 1.807) is 16.5 Å². The molecule has 4 rings (SSSR count). The van der Waals surface area contributed by atoms with Gasteiger partial charge in [0.25, 0.3) is 0 Å². The third-order valence-corrected chi connectivity index (χ3v) is 5.55. The van der Waals surface area contributed by atoms with Crippen LogP contribution in [0.1, 0.15) is 43.0 Å². The summed E-state index contributed by atoms with van der Waals surface area (Å²) in [7, 11) is 2.11. The van der Waals surface area contributed by atoms with Crippen LogP contribution in [0.25, 0.3) is 10.8 Å². The highest BCUT2D eigenvalue weighted by Gasteiger charge is 2.50. The van der Waals surface area contributed by atoms with Gasteiger partial charge in [0.15, 0.2) is 0 Å². The highest BCUT2D eigenvalue weighted by Crippen LogP contribution is 2.58. The van der Waals surface area contributed by atoms with Gasteiger partial charge in [0.05, 0.1) is 0 Å². The van der Waals surface area contributed by atoms with E-state index < -0.39 is 0 Å². The largest absolute Gasteiger partial charge is 0.313 e. The van der Waals surface area contributed by atoms with E-state index in [0.717, 1.165) is 5.92 Å². The van der Waals surface area contributed by atoms with E-state index >= 15 is 0 Å². The molecule has 0 heterocycles. The Kier molecular flexibility index (Phi) is 2.53. The second kappa shape index (κ2) is 4.08. The third kappa shape index (κ3) is 1.66. The lowest BCUT2D eigenvalue weighted by Crippen LogP contribution is -2.20. The van der Waals surface area contributed by atoms with Gasteiger partial charge >= 0.3 is 0 Å². The quantitative estimate of drug-likeness (QED) is 0.875. The average Bonchev–Trinajstić information content (AvgIpc) is 2.87. The zero-order valence-corrected chi connectivity index (χ0v) is 12.7. The van der Waals surface area contributed by atoms with Crippen molar-refractivity contribution in [2.45, 2.75) is 39.2 Å². The first-order valence-electron chi connectivity index (χ1n) is 7.82. The third-order valence-electron chi connectivity index (χ3n) is 5.55. The van der Waals surface area contributed by atoms with E-state index in [0.29, 0.717) is 11.5 Å². The van der Waals surface area contributed by atoms with Crippen LogP contribution in [0.5, 0.6) is 0 Å². The first-order valence-corrected chi connectivity index (χ1v) is 7.82. The van der Waals surface area contributed by atoms with Gasteiger partial charge in [-0.25, -0.2) is 0 Å². The van der Waals surface area contributed by atoms with Crippen LogP contribution in [-0.4, -0.2) is 7.05 Å². The molecule has 1 fully saturated rings. The summed E-state index contributed by atoms with van der Waals surface area (Å²) in [6, 6.07) is 12.1. The molecule has 2 aliphatic carbocycles. The monoisotopic (exact) mass is 265 g/mol. The minimum absolute atomic E-state index is 0.495. The molecule has 0 spiro atoms. The molecule has 2 aromatic carbocycles. The maximum absolute atomic E-state index is 3.59. The van der Waals surface area contributed by atoms with Crippen molar-refractivity contribution in [1.82, 2.24) is 5.32 Å². The molecule has 2 aromatic rings. The molecule has 0 radical (unpaired) electrons.